The van der Waals surface area contributed by atoms with Gasteiger partial charge in [-0.3, -0.25) is 4.90 Å². The van der Waals surface area contributed by atoms with Gasteiger partial charge in [-0.25, -0.2) is 0 Å². The summed E-state index contributed by atoms with van der Waals surface area (Å²) < 4.78 is 5.44. The van der Waals surface area contributed by atoms with Crippen molar-refractivity contribution in [2.45, 2.75) is 32.9 Å². The lowest BCUT2D eigenvalue weighted by Gasteiger charge is -2.40. The minimum absolute atomic E-state index is 0.568. The van der Waals surface area contributed by atoms with Crippen molar-refractivity contribution >= 4 is 0 Å². The average Bonchev–Trinajstić information content (AvgIpc) is 2.18. The van der Waals surface area contributed by atoms with E-state index in [2.05, 4.69) is 31.0 Å². The number of hydrogen-bond acceptors (Lipinski definition) is 3. The first-order valence-electron chi connectivity index (χ1n) is 5.65. The minimum atomic E-state index is 0.568. The number of rotatable bonds is 4. The second-order valence-corrected chi connectivity index (χ2v) is 4.44. The molecule has 3 atom stereocenters. The number of ether oxygens (including phenoxy) is 1. The molecule has 1 heterocycles. The molecule has 84 valence electrons. The Bertz CT molecular complexity index is 163. The summed E-state index contributed by atoms with van der Waals surface area (Å²) >= 11 is 0. The Morgan fingerprint density at radius 1 is 1.50 bits per heavy atom. The summed E-state index contributed by atoms with van der Waals surface area (Å²) in [5, 5.41) is 3.24. The maximum Gasteiger partial charge on any atom is 0.0619 e. The fraction of sp³-hybridized carbons (Fsp3) is 1.00. The molecule has 1 aliphatic rings. The number of morpholine rings is 1. The molecule has 0 aliphatic carbocycles. The van der Waals surface area contributed by atoms with Crippen LogP contribution in [0.25, 0.3) is 0 Å². The van der Waals surface area contributed by atoms with Gasteiger partial charge in [-0.15, -0.1) is 0 Å². The quantitative estimate of drug-likeness (QED) is 0.731. The standard InChI is InChI=1S/C11H24N2O/c1-9(7-12-4)11(3)13-5-6-14-8-10(13)2/h9-12H,5-8H2,1-4H3. The normalized spacial score (nSPS) is 28.7. The minimum Gasteiger partial charge on any atom is -0.379 e. The highest BCUT2D eigenvalue weighted by atomic mass is 16.5. The van der Waals surface area contributed by atoms with E-state index in [1.807, 2.05) is 7.05 Å². The van der Waals surface area contributed by atoms with Crippen LogP contribution < -0.4 is 5.32 Å². The zero-order valence-corrected chi connectivity index (χ0v) is 9.92. The fourth-order valence-electron chi connectivity index (χ4n) is 2.16. The molecule has 0 aromatic rings. The van der Waals surface area contributed by atoms with Crippen molar-refractivity contribution in [1.82, 2.24) is 10.2 Å². The van der Waals surface area contributed by atoms with Gasteiger partial charge in [0, 0.05) is 18.6 Å². The van der Waals surface area contributed by atoms with E-state index in [1.54, 1.807) is 0 Å². The molecule has 1 N–H and O–H groups in total. The Kier molecular flexibility index (Phi) is 4.85. The third kappa shape index (κ3) is 2.94. The Labute approximate surface area is 87.8 Å². The predicted molar refractivity (Wildman–Crippen MR) is 59.5 cm³/mol. The highest BCUT2D eigenvalue weighted by Gasteiger charge is 2.26. The van der Waals surface area contributed by atoms with Crippen LogP contribution in [-0.4, -0.2) is 50.3 Å². The zero-order chi connectivity index (χ0) is 10.6. The van der Waals surface area contributed by atoms with Crippen molar-refractivity contribution in [2.75, 3.05) is 33.4 Å². The molecule has 3 nitrogen and oxygen atoms in total. The number of nitrogens with zero attached hydrogens (tertiary/aromatic N) is 1. The van der Waals surface area contributed by atoms with Crippen LogP contribution in [0.1, 0.15) is 20.8 Å². The van der Waals surface area contributed by atoms with Gasteiger partial charge in [0.15, 0.2) is 0 Å². The first-order chi connectivity index (χ1) is 6.66. The summed E-state index contributed by atoms with van der Waals surface area (Å²) in [7, 11) is 2.02. The lowest BCUT2D eigenvalue weighted by atomic mass is 10.00. The van der Waals surface area contributed by atoms with Gasteiger partial charge in [-0.1, -0.05) is 6.92 Å². The predicted octanol–water partition coefficient (Wildman–Crippen LogP) is 0.951. The molecule has 0 saturated carbocycles. The molecule has 3 unspecified atom stereocenters. The molecule has 0 amide bonds. The van der Waals surface area contributed by atoms with Crippen molar-refractivity contribution in [1.29, 1.82) is 0 Å². The largest absolute Gasteiger partial charge is 0.379 e. The van der Waals surface area contributed by atoms with Gasteiger partial charge in [0.1, 0.15) is 0 Å². The van der Waals surface area contributed by atoms with Gasteiger partial charge < -0.3 is 10.1 Å². The molecule has 0 aromatic carbocycles. The van der Waals surface area contributed by atoms with E-state index in [4.69, 9.17) is 4.74 Å². The van der Waals surface area contributed by atoms with E-state index in [9.17, 15) is 0 Å². The first kappa shape index (κ1) is 12.0. The van der Waals surface area contributed by atoms with Crippen LogP contribution in [0, 0.1) is 5.92 Å². The van der Waals surface area contributed by atoms with Crippen LogP contribution in [0.4, 0.5) is 0 Å². The summed E-state index contributed by atoms with van der Waals surface area (Å²) in [5.74, 6) is 0.695. The van der Waals surface area contributed by atoms with E-state index < -0.39 is 0 Å². The van der Waals surface area contributed by atoms with Gasteiger partial charge in [-0.2, -0.15) is 0 Å². The molecule has 0 aromatic heterocycles. The summed E-state index contributed by atoms with van der Waals surface area (Å²) in [4.78, 5) is 2.56. The molecule has 1 rings (SSSR count). The smallest absolute Gasteiger partial charge is 0.0619 e. The lowest BCUT2D eigenvalue weighted by molar-refractivity contribution is -0.0284. The second kappa shape index (κ2) is 5.69. The first-order valence-corrected chi connectivity index (χ1v) is 5.65. The van der Waals surface area contributed by atoms with Gasteiger partial charge in [0.2, 0.25) is 0 Å². The van der Waals surface area contributed by atoms with Crippen molar-refractivity contribution in [3.8, 4) is 0 Å². The van der Waals surface area contributed by atoms with Crippen molar-refractivity contribution in [3.63, 3.8) is 0 Å². The molecule has 3 heteroatoms. The maximum atomic E-state index is 5.44. The SMILES string of the molecule is CNCC(C)C(C)N1CCOCC1C. The molecular weight excluding hydrogens is 176 g/mol. The summed E-state index contributed by atoms with van der Waals surface area (Å²) in [6, 6.07) is 1.21. The highest BCUT2D eigenvalue weighted by molar-refractivity contribution is 4.80. The van der Waals surface area contributed by atoms with Gasteiger partial charge >= 0.3 is 0 Å². The highest BCUT2D eigenvalue weighted by Crippen LogP contribution is 2.16. The number of hydrogen-bond donors (Lipinski definition) is 1. The van der Waals surface area contributed by atoms with Crippen molar-refractivity contribution in [3.05, 3.63) is 0 Å². The molecule has 0 radical (unpaired) electrons. The van der Waals surface area contributed by atoms with E-state index in [1.165, 1.54) is 0 Å². The Morgan fingerprint density at radius 3 is 2.79 bits per heavy atom. The molecule has 1 aliphatic heterocycles. The average molecular weight is 200 g/mol. The van der Waals surface area contributed by atoms with Crippen LogP contribution in [-0.2, 0) is 4.74 Å². The Morgan fingerprint density at radius 2 is 2.21 bits per heavy atom. The van der Waals surface area contributed by atoms with Crippen LogP contribution in [0.5, 0.6) is 0 Å². The van der Waals surface area contributed by atoms with Crippen LogP contribution in [0.3, 0.4) is 0 Å². The van der Waals surface area contributed by atoms with Crippen LogP contribution in [0.15, 0.2) is 0 Å². The van der Waals surface area contributed by atoms with Crippen molar-refractivity contribution in [2.24, 2.45) is 5.92 Å². The number of nitrogens with one attached hydrogen (secondary N) is 1. The zero-order valence-electron chi connectivity index (χ0n) is 9.92. The second-order valence-electron chi connectivity index (χ2n) is 4.44. The molecule has 0 spiro atoms. The molecular formula is C11H24N2O. The summed E-state index contributed by atoms with van der Waals surface area (Å²) in [5.41, 5.74) is 0. The van der Waals surface area contributed by atoms with E-state index in [0.29, 0.717) is 18.0 Å². The molecule has 0 bridgehead atoms. The van der Waals surface area contributed by atoms with E-state index in [0.717, 1.165) is 26.3 Å². The van der Waals surface area contributed by atoms with Crippen LogP contribution in [0.2, 0.25) is 0 Å². The van der Waals surface area contributed by atoms with E-state index >= 15 is 0 Å². The van der Waals surface area contributed by atoms with Gasteiger partial charge in [0.05, 0.1) is 13.2 Å². The lowest BCUT2D eigenvalue weighted by Crippen LogP contribution is -2.51. The third-order valence-electron chi connectivity index (χ3n) is 3.29. The van der Waals surface area contributed by atoms with Crippen LogP contribution >= 0.6 is 0 Å². The molecule has 1 fully saturated rings. The molecule has 1 saturated heterocycles. The summed E-state index contributed by atoms with van der Waals surface area (Å²) in [6.07, 6.45) is 0. The van der Waals surface area contributed by atoms with Gasteiger partial charge in [0.25, 0.3) is 0 Å². The van der Waals surface area contributed by atoms with Crippen molar-refractivity contribution < 1.29 is 4.74 Å². The maximum absolute atomic E-state index is 5.44. The van der Waals surface area contributed by atoms with E-state index in [-0.39, 0.29) is 0 Å². The Balaban J connectivity index is 2.44. The fourth-order valence-corrected chi connectivity index (χ4v) is 2.16. The molecule has 14 heavy (non-hydrogen) atoms. The van der Waals surface area contributed by atoms with Gasteiger partial charge in [-0.05, 0) is 33.4 Å². The summed E-state index contributed by atoms with van der Waals surface area (Å²) in [6.45, 7) is 10.8. The third-order valence-corrected chi connectivity index (χ3v) is 3.29. The Hall–Kier alpha value is -0.120. The monoisotopic (exact) mass is 200 g/mol. The topological polar surface area (TPSA) is 24.5 Å².